The average molecular weight is 347 g/mol. The molecule has 3 rings (SSSR count). The summed E-state index contributed by atoms with van der Waals surface area (Å²) in [5.74, 6) is 1.30. The predicted molar refractivity (Wildman–Crippen MR) is 102 cm³/mol. The molecular weight excluding hydrogens is 326 g/mol. The quantitative estimate of drug-likeness (QED) is 0.741. The Hall–Kier alpha value is -3.28. The fraction of sp³-hybridized carbons (Fsp3) is 0.200. The number of nitrogens with one attached hydrogen (secondary N) is 2. The van der Waals surface area contributed by atoms with E-state index in [-0.39, 0.29) is 5.91 Å². The highest BCUT2D eigenvalue weighted by Gasteiger charge is 2.10. The van der Waals surface area contributed by atoms with Gasteiger partial charge < -0.3 is 10.6 Å². The molecule has 0 unspecified atom stereocenters. The summed E-state index contributed by atoms with van der Waals surface area (Å²) in [5.41, 5.74) is 4.37. The second kappa shape index (κ2) is 7.74. The number of rotatable bonds is 5. The van der Waals surface area contributed by atoms with E-state index >= 15 is 0 Å². The maximum absolute atomic E-state index is 11.6. The Bertz CT molecular complexity index is 907. The molecule has 2 N–H and O–H groups in total. The molecule has 0 spiro atoms. The SMILES string of the molecule is CNC(=O)c1ccc(CNc2nc(-c3ccccn3)nc(C)c2C)cc1. The first kappa shape index (κ1) is 17.5. The second-order valence-electron chi connectivity index (χ2n) is 5.95. The van der Waals surface area contributed by atoms with Gasteiger partial charge in [-0.25, -0.2) is 9.97 Å². The van der Waals surface area contributed by atoms with Crippen molar-refractivity contribution in [1.29, 1.82) is 0 Å². The van der Waals surface area contributed by atoms with Gasteiger partial charge in [0.2, 0.25) is 0 Å². The number of amides is 1. The van der Waals surface area contributed by atoms with E-state index in [1.165, 1.54) is 0 Å². The van der Waals surface area contributed by atoms with Gasteiger partial charge in [-0.3, -0.25) is 9.78 Å². The summed E-state index contributed by atoms with van der Waals surface area (Å²) in [4.78, 5) is 25.1. The Balaban J connectivity index is 1.79. The molecule has 0 aliphatic rings. The molecule has 6 heteroatoms. The van der Waals surface area contributed by atoms with Crippen molar-refractivity contribution in [3.05, 3.63) is 71.0 Å². The van der Waals surface area contributed by atoms with Crippen LogP contribution in [0.2, 0.25) is 0 Å². The first-order chi connectivity index (χ1) is 12.6. The molecule has 2 aromatic heterocycles. The van der Waals surface area contributed by atoms with Crippen LogP contribution in [0.4, 0.5) is 5.82 Å². The molecule has 1 amide bonds. The van der Waals surface area contributed by atoms with E-state index in [4.69, 9.17) is 0 Å². The lowest BCUT2D eigenvalue weighted by Gasteiger charge is -2.12. The Morgan fingerprint density at radius 1 is 1.04 bits per heavy atom. The largest absolute Gasteiger partial charge is 0.366 e. The number of carbonyl (C=O) groups excluding carboxylic acids is 1. The summed E-state index contributed by atoms with van der Waals surface area (Å²) < 4.78 is 0. The molecule has 0 aliphatic carbocycles. The van der Waals surface area contributed by atoms with E-state index in [0.29, 0.717) is 17.9 Å². The van der Waals surface area contributed by atoms with Crippen LogP contribution in [0.25, 0.3) is 11.5 Å². The minimum Gasteiger partial charge on any atom is -0.366 e. The smallest absolute Gasteiger partial charge is 0.251 e. The van der Waals surface area contributed by atoms with Crippen molar-refractivity contribution in [2.24, 2.45) is 0 Å². The molecule has 0 saturated carbocycles. The number of aryl methyl sites for hydroxylation is 1. The fourth-order valence-corrected chi connectivity index (χ4v) is 2.51. The molecule has 1 aromatic carbocycles. The van der Waals surface area contributed by atoms with Gasteiger partial charge in [-0.1, -0.05) is 18.2 Å². The van der Waals surface area contributed by atoms with Crippen LogP contribution in [0.15, 0.2) is 48.7 Å². The Labute approximate surface area is 152 Å². The van der Waals surface area contributed by atoms with Crippen molar-refractivity contribution in [1.82, 2.24) is 20.3 Å². The van der Waals surface area contributed by atoms with E-state index in [0.717, 1.165) is 28.3 Å². The van der Waals surface area contributed by atoms with Crippen molar-refractivity contribution >= 4 is 11.7 Å². The summed E-state index contributed by atoms with van der Waals surface area (Å²) in [5, 5.41) is 5.98. The van der Waals surface area contributed by atoms with Gasteiger partial charge in [0.25, 0.3) is 5.91 Å². The van der Waals surface area contributed by atoms with Gasteiger partial charge in [0.05, 0.1) is 0 Å². The average Bonchev–Trinajstić information content (AvgIpc) is 2.69. The molecule has 0 fully saturated rings. The van der Waals surface area contributed by atoms with Crippen LogP contribution < -0.4 is 10.6 Å². The number of hydrogen-bond acceptors (Lipinski definition) is 5. The van der Waals surface area contributed by atoms with Gasteiger partial charge in [0, 0.05) is 36.6 Å². The number of anilines is 1. The minimum atomic E-state index is -0.0909. The molecule has 2 heterocycles. The Morgan fingerprint density at radius 3 is 2.46 bits per heavy atom. The number of hydrogen-bond donors (Lipinski definition) is 2. The second-order valence-corrected chi connectivity index (χ2v) is 5.95. The number of aromatic nitrogens is 3. The molecule has 26 heavy (non-hydrogen) atoms. The van der Waals surface area contributed by atoms with E-state index in [1.54, 1.807) is 13.2 Å². The van der Waals surface area contributed by atoms with Crippen LogP contribution in [0.1, 0.15) is 27.2 Å². The first-order valence-corrected chi connectivity index (χ1v) is 8.40. The molecule has 0 aliphatic heterocycles. The normalized spacial score (nSPS) is 10.4. The van der Waals surface area contributed by atoms with E-state index in [2.05, 4.69) is 25.6 Å². The van der Waals surface area contributed by atoms with Crippen molar-refractivity contribution in [2.45, 2.75) is 20.4 Å². The van der Waals surface area contributed by atoms with Crippen LogP contribution in [0.3, 0.4) is 0 Å². The third-order valence-electron chi connectivity index (χ3n) is 4.19. The summed E-state index contributed by atoms with van der Waals surface area (Å²) in [6.45, 7) is 4.56. The van der Waals surface area contributed by atoms with Gasteiger partial charge in [0.1, 0.15) is 11.5 Å². The van der Waals surface area contributed by atoms with E-state index in [1.807, 2.05) is 56.3 Å². The zero-order valence-corrected chi connectivity index (χ0v) is 15.1. The predicted octanol–water partition coefficient (Wildman–Crippen LogP) is 3.13. The summed E-state index contributed by atoms with van der Waals surface area (Å²) in [6, 6.07) is 13.2. The number of pyridine rings is 1. The zero-order chi connectivity index (χ0) is 18.5. The Kier molecular flexibility index (Phi) is 5.22. The van der Waals surface area contributed by atoms with Crippen LogP contribution in [0.5, 0.6) is 0 Å². The molecule has 0 saturated heterocycles. The standard InChI is InChI=1S/C20H21N5O/c1-13-14(2)24-19(17-6-4-5-11-22-17)25-18(13)23-12-15-7-9-16(10-8-15)20(26)21-3/h4-11H,12H2,1-3H3,(H,21,26)(H,23,24,25). The fourth-order valence-electron chi connectivity index (χ4n) is 2.51. The lowest BCUT2D eigenvalue weighted by molar-refractivity contribution is 0.0963. The first-order valence-electron chi connectivity index (χ1n) is 8.40. The summed E-state index contributed by atoms with van der Waals surface area (Å²) in [7, 11) is 1.62. The highest BCUT2D eigenvalue weighted by atomic mass is 16.1. The van der Waals surface area contributed by atoms with Gasteiger partial charge >= 0.3 is 0 Å². The third kappa shape index (κ3) is 3.85. The van der Waals surface area contributed by atoms with Gasteiger partial charge in [-0.05, 0) is 43.7 Å². The third-order valence-corrected chi connectivity index (χ3v) is 4.19. The van der Waals surface area contributed by atoms with Crippen molar-refractivity contribution in [3.8, 4) is 11.5 Å². The summed E-state index contributed by atoms with van der Waals surface area (Å²) >= 11 is 0. The lowest BCUT2D eigenvalue weighted by atomic mass is 10.1. The topological polar surface area (TPSA) is 79.8 Å². The molecule has 3 aromatic rings. The number of benzene rings is 1. The van der Waals surface area contributed by atoms with Crippen molar-refractivity contribution < 1.29 is 4.79 Å². The van der Waals surface area contributed by atoms with Crippen molar-refractivity contribution in [2.75, 3.05) is 12.4 Å². The maximum atomic E-state index is 11.6. The molecule has 0 atom stereocenters. The molecule has 0 bridgehead atoms. The molecule has 6 nitrogen and oxygen atoms in total. The minimum absolute atomic E-state index is 0.0909. The molecule has 0 radical (unpaired) electrons. The zero-order valence-electron chi connectivity index (χ0n) is 15.1. The number of nitrogens with zero attached hydrogens (tertiary/aromatic N) is 3. The highest BCUT2D eigenvalue weighted by molar-refractivity contribution is 5.93. The Morgan fingerprint density at radius 2 is 1.81 bits per heavy atom. The molecular formula is C20H21N5O. The monoisotopic (exact) mass is 347 g/mol. The van der Waals surface area contributed by atoms with Crippen LogP contribution in [-0.2, 0) is 6.54 Å². The van der Waals surface area contributed by atoms with E-state index in [9.17, 15) is 4.79 Å². The van der Waals surface area contributed by atoms with Crippen LogP contribution in [0, 0.1) is 13.8 Å². The van der Waals surface area contributed by atoms with Crippen LogP contribution in [-0.4, -0.2) is 27.9 Å². The highest BCUT2D eigenvalue weighted by Crippen LogP contribution is 2.20. The molecule has 132 valence electrons. The van der Waals surface area contributed by atoms with Gasteiger partial charge in [-0.15, -0.1) is 0 Å². The lowest BCUT2D eigenvalue weighted by Crippen LogP contribution is -2.17. The number of carbonyl (C=O) groups is 1. The summed E-state index contributed by atoms with van der Waals surface area (Å²) in [6.07, 6.45) is 1.73. The van der Waals surface area contributed by atoms with E-state index < -0.39 is 0 Å². The van der Waals surface area contributed by atoms with Gasteiger partial charge in [-0.2, -0.15) is 0 Å². The maximum Gasteiger partial charge on any atom is 0.251 e. The van der Waals surface area contributed by atoms with Crippen molar-refractivity contribution in [3.63, 3.8) is 0 Å². The van der Waals surface area contributed by atoms with Crippen LogP contribution >= 0.6 is 0 Å². The van der Waals surface area contributed by atoms with Gasteiger partial charge in [0.15, 0.2) is 5.82 Å².